The molecule has 0 bridgehead atoms. The Kier molecular flexibility index (Phi) is 5.01. The number of likely N-dealkylation sites (tertiary alicyclic amines) is 1. The largest absolute Gasteiger partial charge is 0.494 e. The third-order valence-corrected chi connectivity index (χ3v) is 3.74. The number of aliphatic hydroxyl groups is 1. The molecule has 0 unspecified atom stereocenters. The van der Waals surface area contributed by atoms with E-state index in [1.54, 1.807) is 0 Å². The number of amides is 1. The van der Waals surface area contributed by atoms with Crippen LogP contribution >= 0.6 is 0 Å². The summed E-state index contributed by atoms with van der Waals surface area (Å²) in [7, 11) is 0. The average Bonchev–Trinajstić information content (AvgIpc) is 2.44. The number of carbonyl (C=O) groups excluding carboxylic acids is 1. The number of nitrogens with zero attached hydrogens (tertiary/aromatic N) is 1. The first-order valence-corrected chi connectivity index (χ1v) is 7.25. The van der Waals surface area contributed by atoms with Crippen molar-refractivity contribution in [1.29, 1.82) is 0 Å². The monoisotopic (exact) mass is 277 g/mol. The molecule has 1 amide bonds. The number of carbonyl (C=O) groups is 1. The molecular formula is C16H23NO3. The van der Waals surface area contributed by atoms with E-state index in [0.29, 0.717) is 39.0 Å². The molecule has 1 aliphatic heterocycles. The second kappa shape index (κ2) is 6.75. The van der Waals surface area contributed by atoms with E-state index >= 15 is 0 Å². The average molecular weight is 277 g/mol. The minimum atomic E-state index is -0.604. The highest BCUT2D eigenvalue weighted by atomic mass is 16.5. The molecule has 1 N–H and O–H groups in total. The summed E-state index contributed by atoms with van der Waals surface area (Å²) in [6, 6.07) is 9.63. The van der Waals surface area contributed by atoms with E-state index in [1.807, 2.05) is 42.2 Å². The first-order valence-electron chi connectivity index (χ1n) is 7.25. The van der Waals surface area contributed by atoms with E-state index in [4.69, 9.17) is 4.74 Å². The Morgan fingerprint density at radius 1 is 1.30 bits per heavy atom. The van der Waals surface area contributed by atoms with Crippen molar-refractivity contribution in [2.24, 2.45) is 0 Å². The van der Waals surface area contributed by atoms with Crippen LogP contribution < -0.4 is 4.74 Å². The minimum absolute atomic E-state index is 0.164. The molecular weight excluding hydrogens is 254 g/mol. The number of para-hydroxylation sites is 1. The maximum Gasteiger partial charge on any atom is 0.222 e. The lowest BCUT2D eigenvalue weighted by molar-refractivity contribution is -0.135. The van der Waals surface area contributed by atoms with Gasteiger partial charge in [0.15, 0.2) is 0 Å². The Labute approximate surface area is 120 Å². The Morgan fingerprint density at radius 2 is 1.95 bits per heavy atom. The van der Waals surface area contributed by atoms with Crippen molar-refractivity contribution in [1.82, 2.24) is 4.90 Å². The fraction of sp³-hybridized carbons (Fsp3) is 0.562. The summed E-state index contributed by atoms with van der Waals surface area (Å²) < 4.78 is 5.57. The summed E-state index contributed by atoms with van der Waals surface area (Å²) in [4.78, 5) is 13.9. The third kappa shape index (κ3) is 4.53. The highest BCUT2D eigenvalue weighted by molar-refractivity contribution is 5.76. The highest BCUT2D eigenvalue weighted by Crippen LogP contribution is 2.21. The van der Waals surface area contributed by atoms with E-state index in [2.05, 4.69) is 0 Å². The van der Waals surface area contributed by atoms with Crippen molar-refractivity contribution >= 4 is 5.91 Å². The van der Waals surface area contributed by atoms with E-state index in [1.165, 1.54) is 0 Å². The predicted molar refractivity (Wildman–Crippen MR) is 77.6 cm³/mol. The number of hydrogen-bond donors (Lipinski definition) is 1. The van der Waals surface area contributed by atoms with Crippen LogP contribution in [0.2, 0.25) is 0 Å². The van der Waals surface area contributed by atoms with Gasteiger partial charge in [0, 0.05) is 19.5 Å². The molecule has 1 aromatic carbocycles. The second-order valence-corrected chi connectivity index (χ2v) is 5.64. The van der Waals surface area contributed by atoms with E-state index < -0.39 is 5.60 Å². The fourth-order valence-corrected chi connectivity index (χ4v) is 2.33. The van der Waals surface area contributed by atoms with Gasteiger partial charge in [0.05, 0.1) is 12.2 Å². The molecule has 110 valence electrons. The minimum Gasteiger partial charge on any atom is -0.494 e. The molecule has 0 aromatic heterocycles. The lowest BCUT2D eigenvalue weighted by Gasteiger charge is -2.35. The van der Waals surface area contributed by atoms with Crippen LogP contribution in [0.1, 0.15) is 32.6 Å². The quantitative estimate of drug-likeness (QED) is 0.840. The van der Waals surface area contributed by atoms with Gasteiger partial charge in [0.2, 0.25) is 5.91 Å². The summed E-state index contributed by atoms with van der Waals surface area (Å²) in [5.74, 6) is 1.01. The topological polar surface area (TPSA) is 49.8 Å². The number of ether oxygens (including phenoxy) is 1. The first kappa shape index (κ1) is 14.9. The summed E-state index contributed by atoms with van der Waals surface area (Å²) in [5, 5.41) is 9.86. The van der Waals surface area contributed by atoms with Crippen LogP contribution in [-0.2, 0) is 4.79 Å². The van der Waals surface area contributed by atoms with Gasteiger partial charge in [-0.1, -0.05) is 18.2 Å². The molecule has 4 heteroatoms. The lowest BCUT2D eigenvalue weighted by atomic mass is 9.93. The Balaban J connectivity index is 1.63. The summed E-state index contributed by atoms with van der Waals surface area (Å²) >= 11 is 0. The molecule has 0 aliphatic carbocycles. The van der Waals surface area contributed by atoms with E-state index in [9.17, 15) is 9.90 Å². The van der Waals surface area contributed by atoms with Crippen molar-refractivity contribution < 1.29 is 14.6 Å². The molecule has 1 aromatic rings. The molecule has 0 atom stereocenters. The number of rotatable bonds is 5. The van der Waals surface area contributed by atoms with Crippen LogP contribution in [-0.4, -0.2) is 41.2 Å². The zero-order valence-corrected chi connectivity index (χ0v) is 12.0. The molecule has 1 heterocycles. The molecule has 1 fully saturated rings. The van der Waals surface area contributed by atoms with Crippen LogP contribution in [0.5, 0.6) is 5.75 Å². The molecule has 1 saturated heterocycles. The predicted octanol–water partition coefficient (Wildman–Crippen LogP) is 2.22. The highest BCUT2D eigenvalue weighted by Gasteiger charge is 2.29. The van der Waals surface area contributed by atoms with Crippen LogP contribution in [0, 0.1) is 0 Å². The lowest BCUT2D eigenvalue weighted by Crippen LogP contribution is -2.45. The van der Waals surface area contributed by atoms with Gasteiger partial charge in [-0.3, -0.25) is 4.79 Å². The maximum absolute atomic E-state index is 12.0. The molecule has 0 radical (unpaired) electrons. The van der Waals surface area contributed by atoms with Crippen molar-refractivity contribution in [2.75, 3.05) is 19.7 Å². The van der Waals surface area contributed by atoms with Crippen LogP contribution in [0.4, 0.5) is 0 Å². The summed E-state index contributed by atoms with van der Waals surface area (Å²) in [5.41, 5.74) is -0.604. The fourth-order valence-electron chi connectivity index (χ4n) is 2.33. The molecule has 4 nitrogen and oxygen atoms in total. The zero-order valence-electron chi connectivity index (χ0n) is 12.0. The normalized spacial score (nSPS) is 17.8. The van der Waals surface area contributed by atoms with Gasteiger partial charge in [0.25, 0.3) is 0 Å². The van der Waals surface area contributed by atoms with Crippen molar-refractivity contribution in [3.05, 3.63) is 30.3 Å². The van der Waals surface area contributed by atoms with E-state index in [-0.39, 0.29) is 5.91 Å². The summed E-state index contributed by atoms with van der Waals surface area (Å²) in [6.07, 6.45) is 2.56. The standard InChI is InChI=1S/C16H23NO3/c1-16(19)9-11-17(12-10-16)15(18)8-5-13-20-14-6-3-2-4-7-14/h2-4,6-7,19H,5,8-13H2,1H3. The molecule has 1 aliphatic rings. The van der Waals surface area contributed by atoms with Gasteiger partial charge in [-0.25, -0.2) is 0 Å². The van der Waals surface area contributed by atoms with Crippen LogP contribution in [0.15, 0.2) is 30.3 Å². The van der Waals surface area contributed by atoms with Crippen molar-refractivity contribution in [3.63, 3.8) is 0 Å². The molecule has 0 saturated carbocycles. The number of benzene rings is 1. The van der Waals surface area contributed by atoms with Crippen LogP contribution in [0.25, 0.3) is 0 Å². The molecule has 2 rings (SSSR count). The SMILES string of the molecule is CC1(O)CCN(C(=O)CCCOc2ccccc2)CC1. The Morgan fingerprint density at radius 3 is 2.60 bits per heavy atom. The van der Waals surface area contributed by atoms with Gasteiger partial charge >= 0.3 is 0 Å². The van der Waals surface area contributed by atoms with E-state index in [0.717, 1.165) is 12.2 Å². The van der Waals surface area contributed by atoms with Gasteiger partial charge in [-0.05, 0) is 38.3 Å². The van der Waals surface area contributed by atoms with Crippen molar-refractivity contribution in [3.8, 4) is 5.75 Å². The van der Waals surface area contributed by atoms with Crippen molar-refractivity contribution in [2.45, 2.75) is 38.2 Å². The zero-order chi connectivity index (χ0) is 14.4. The van der Waals surface area contributed by atoms with Gasteiger partial charge in [-0.2, -0.15) is 0 Å². The van der Waals surface area contributed by atoms with Gasteiger partial charge in [-0.15, -0.1) is 0 Å². The van der Waals surface area contributed by atoms with Gasteiger partial charge in [0.1, 0.15) is 5.75 Å². The number of piperidine rings is 1. The van der Waals surface area contributed by atoms with Crippen LogP contribution in [0.3, 0.4) is 0 Å². The Hall–Kier alpha value is -1.55. The van der Waals surface area contributed by atoms with Gasteiger partial charge < -0.3 is 14.7 Å². The first-order chi connectivity index (χ1) is 9.57. The maximum atomic E-state index is 12.0. The Bertz CT molecular complexity index is 421. The summed E-state index contributed by atoms with van der Waals surface area (Å²) in [6.45, 7) is 3.71. The molecule has 20 heavy (non-hydrogen) atoms. The molecule has 0 spiro atoms. The second-order valence-electron chi connectivity index (χ2n) is 5.64. The third-order valence-electron chi connectivity index (χ3n) is 3.74. The number of hydrogen-bond acceptors (Lipinski definition) is 3. The smallest absolute Gasteiger partial charge is 0.222 e.